The lowest BCUT2D eigenvalue weighted by molar-refractivity contribution is -0.142. The van der Waals surface area contributed by atoms with Crippen LogP contribution >= 0.6 is 27.3 Å². The summed E-state index contributed by atoms with van der Waals surface area (Å²) < 4.78 is 44.8. The lowest BCUT2D eigenvalue weighted by atomic mass is 10.1. The van der Waals surface area contributed by atoms with Gasteiger partial charge in [0.05, 0.1) is 22.3 Å². The van der Waals surface area contributed by atoms with Gasteiger partial charge >= 0.3 is 12.1 Å². The third-order valence-corrected chi connectivity index (χ3v) is 6.51. The van der Waals surface area contributed by atoms with E-state index in [0.717, 1.165) is 34.4 Å². The Bertz CT molecular complexity index is 936. The van der Waals surface area contributed by atoms with Crippen LogP contribution in [-0.2, 0) is 35.1 Å². The normalized spacial score (nSPS) is 13.5. The highest BCUT2D eigenvalue weighted by Gasteiger charge is 2.38. The van der Waals surface area contributed by atoms with E-state index in [1.165, 1.54) is 18.3 Å². The smallest absolute Gasteiger partial charge is 0.436 e. The minimum absolute atomic E-state index is 0.182. The van der Waals surface area contributed by atoms with Crippen LogP contribution in [0.4, 0.5) is 18.2 Å². The van der Waals surface area contributed by atoms with Crippen LogP contribution in [0.3, 0.4) is 0 Å². The van der Waals surface area contributed by atoms with Gasteiger partial charge in [0.1, 0.15) is 11.5 Å². The summed E-state index contributed by atoms with van der Waals surface area (Å²) in [4.78, 5) is 25.8. The minimum Gasteiger partial charge on any atom is -0.462 e. The van der Waals surface area contributed by atoms with E-state index in [1.54, 1.807) is 6.92 Å². The van der Waals surface area contributed by atoms with Gasteiger partial charge in [0.2, 0.25) is 5.91 Å². The third-order valence-electron chi connectivity index (χ3n) is 4.35. The van der Waals surface area contributed by atoms with Crippen molar-refractivity contribution >= 4 is 44.1 Å². The van der Waals surface area contributed by atoms with Crippen molar-refractivity contribution in [2.24, 2.45) is 0 Å². The molecule has 3 rings (SSSR count). The number of alkyl halides is 3. The number of fused-ring (bicyclic) bond motifs is 1. The number of hydrogen-bond donors (Lipinski definition) is 1. The van der Waals surface area contributed by atoms with Crippen LogP contribution in [-0.4, -0.2) is 28.3 Å². The molecule has 0 saturated carbocycles. The summed E-state index contributed by atoms with van der Waals surface area (Å²) in [5.74, 6) is -1.08. The average molecular weight is 480 g/mol. The van der Waals surface area contributed by atoms with Crippen LogP contribution in [0.2, 0.25) is 0 Å². The van der Waals surface area contributed by atoms with Crippen molar-refractivity contribution in [3.8, 4) is 0 Å². The molecule has 1 aliphatic carbocycles. The van der Waals surface area contributed by atoms with Crippen LogP contribution in [0.1, 0.15) is 45.5 Å². The summed E-state index contributed by atoms with van der Waals surface area (Å²) in [6.07, 6.45) is -2.14. The topological polar surface area (TPSA) is 73.2 Å². The maximum atomic E-state index is 13.0. The number of halogens is 4. The monoisotopic (exact) mass is 479 g/mol. The summed E-state index contributed by atoms with van der Waals surface area (Å²) in [5, 5.41) is 6.51. The maximum absolute atomic E-state index is 13.0. The highest BCUT2D eigenvalue weighted by molar-refractivity contribution is 9.10. The highest BCUT2D eigenvalue weighted by Crippen LogP contribution is 2.40. The van der Waals surface area contributed by atoms with Crippen molar-refractivity contribution in [3.05, 3.63) is 31.9 Å². The molecule has 0 aromatic carbocycles. The second-order valence-electron chi connectivity index (χ2n) is 6.23. The molecular formula is C17H17BrF3N3O3S. The number of esters is 1. The largest absolute Gasteiger partial charge is 0.462 e. The third kappa shape index (κ3) is 3.95. The van der Waals surface area contributed by atoms with Crippen LogP contribution in [0, 0.1) is 6.92 Å². The molecule has 0 atom stereocenters. The number of anilines is 1. The number of rotatable bonds is 5. The van der Waals surface area contributed by atoms with Crippen molar-refractivity contribution in [1.82, 2.24) is 9.78 Å². The molecule has 0 aliphatic heterocycles. The molecule has 0 radical (unpaired) electrons. The first-order valence-electron chi connectivity index (χ1n) is 8.55. The molecule has 2 aromatic rings. The zero-order valence-corrected chi connectivity index (χ0v) is 17.5. The van der Waals surface area contributed by atoms with Crippen molar-refractivity contribution in [3.63, 3.8) is 0 Å². The molecule has 6 nitrogen and oxygen atoms in total. The van der Waals surface area contributed by atoms with Gasteiger partial charge < -0.3 is 10.1 Å². The van der Waals surface area contributed by atoms with Gasteiger partial charge in [-0.05, 0) is 54.6 Å². The Morgan fingerprint density at radius 1 is 1.36 bits per heavy atom. The quantitative estimate of drug-likeness (QED) is 0.647. The number of aromatic nitrogens is 2. The van der Waals surface area contributed by atoms with E-state index in [0.29, 0.717) is 10.6 Å². The summed E-state index contributed by atoms with van der Waals surface area (Å²) in [6, 6.07) is 0. The Balaban J connectivity index is 1.82. The molecule has 0 saturated heterocycles. The van der Waals surface area contributed by atoms with E-state index < -0.39 is 30.3 Å². The maximum Gasteiger partial charge on any atom is 0.436 e. The van der Waals surface area contributed by atoms with Crippen LogP contribution in [0.25, 0.3) is 0 Å². The lowest BCUT2D eigenvalue weighted by Gasteiger charge is -2.09. The van der Waals surface area contributed by atoms with Gasteiger partial charge in [-0.2, -0.15) is 18.3 Å². The lowest BCUT2D eigenvalue weighted by Crippen LogP contribution is -2.21. The molecular weight excluding hydrogens is 463 g/mol. The van der Waals surface area contributed by atoms with E-state index >= 15 is 0 Å². The predicted molar refractivity (Wildman–Crippen MR) is 101 cm³/mol. The first-order valence-corrected chi connectivity index (χ1v) is 10.2. The second-order valence-corrected chi connectivity index (χ2v) is 8.13. The first-order chi connectivity index (χ1) is 13.1. The number of hydrogen-bond acceptors (Lipinski definition) is 5. The van der Waals surface area contributed by atoms with E-state index in [2.05, 4.69) is 26.3 Å². The Morgan fingerprint density at radius 3 is 2.68 bits per heavy atom. The molecule has 1 aliphatic rings. The summed E-state index contributed by atoms with van der Waals surface area (Å²) in [6.45, 7) is 2.92. The molecule has 1 amide bonds. The van der Waals surface area contributed by atoms with E-state index in [-0.39, 0.29) is 16.8 Å². The molecule has 0 fully saturated rings. The number of aryl methyl sites for hydroxylation is 1. The number of nitrogens with zero attached hydrogens (tertiary/aromatic N) is 2. The van der Waals surface area contributed by atoms with Crippen LogP contribution in [0.15, 0.2) is 4.47 Å². The van der Waals surface area contributed by atoms with E-state index in [9.17, 15) is 22.8 Å². The molecule has 1 N–H and O–H groups in total. The van der Waals surface area contributed by atoms with E-state index in [1.807, 2.05) is 0 Å². The van der Waals surface area contributed by atoms with Crippen LogP contribution in [0.5, 0.6) is 0 Å². The van der Waals surface area contributed by atoms with Crippen molar-refractivity contribution < 1.29 is 27.5 Å². The first kappa shape index (κ1) is 20.8. The number of amides is 1. The fourth-order valence-corrected chi connectivity index (χ4v) is 4.88. The zero-order chi connectivity index (χ0) is 20.6. The summed E-state index contributed by atoms with van der Waals surface area (Å²) in [5.41, 5.74) is 0.333. The standard InChI is InChI=1S/C17H17BrF3N3O3S/c1-3-27-16(26)12-9-5-4-6-10(9)28-15(12)22-11(25)7-24-8(2)13(18)14(23-24)17(19,20)21/h3-7H2,1-2H3,(H,22,25). The number of carbonyl (C=O) groups is 2. The fourth-order valence-electron chi connectivity index (χ4n) is 3.07. The Labute approximate surface area is 171 Å². The van der Waals surface area contributed by atoms with Crippen LogP contribution < -0.4 is 5.32 Å². The van der Waals surface area contributed by atoms with Crippen molar-refractivity contribution in [2.45, 2.75) is 45.8 Å². The van der Waals surface area contributed by atoms with Gasteiger partial charge in [-0.25, -0.2) is 4.79 Å². The molecule has 2 aromatic heterocycles. The van der Waals surface area contributed by atoms with Gasteiger partial charge in [-0.1, -0.05) is 0 Å². The predicted octanol–water partition coefficient (Wildman–Crippen LogP) is 4.34. The van der Waals surface area contributed by atoms with Gasteiger partial charge in [-0.3, -0.25) is 9.48 Å². The molecule has 152 valence electrons. The number of carbonyl (C=O) groups excluding carboxylic acids is 2. The Morgan fingerprint density at radius 2 is 2.07 bits per heavy atom. The molecule has 2 heterocycles. The number of thiophene rings is 1. The molecule has 28 heavy (non-hydrogen) atoms. The SMILES string of the molecule is CCOC(=O)c1c(NC(=O)Cn2nc(C(F)(F)F)c(Br)c2C)sc2c1CCC2. The van der Waals surface area contributed by atoms with Crippen molar-refractivity contribution in [1.29, 1.82) is 0 Å². The minimum atomic E-state index is -4.63. The van der Waals surface area contributed by atoms with Gasteiger partial charge in [-0.15, -0.1) is 11.3 Å². The molecule has 0 unspecified atom stereocenters. The summed E-state index contributed by atoms with van der Waals surface area (Å²) in [7, 11) is 0. The molecule has 11 heteroatoms. The fraction of sp³-hybridized carbons (Fsp3) is 0.471. The number of ether oxygens (including phenoxy) is 1. The van der Waals surface area contributed by atoms with Gasteiger partial charge in [0, 0.05) is 4.88 Å². The highest BCUT2D eigenvalue weighted by atomic mass is 79.9. The second kappa shape index (κ2) is 7.86. The van der Waals surface area contributed by atoms with Crippen molar-refractivity contribution in [2.75, 3.05) is 11.9 Å². The Kier molecular flexibility index (Phi) is 5.85. The molecule has 0 bridgehead atoms. The summed E-state index contributed by atoms with van der Waals surface area (Å²) >= 11 is 4.18. The van der Waals surface area contributed by atoms with Gasteiger partial charge in [0.15, 0.2) is 5.69 Å². The average Bonchev–Trinajstić information content (AvgIpc) is 3.23. The molecule has 0 spiro atoms. The number of nitrogens with one attached hydrogen (secondary N) is 1. The van der Waals surface area contributed by atoms with Gasteiger partial charge in [0.25, 0.3) is 0 Å². The van der Waals surface area contributed by atoms with E-state index in [4.69, 9.17) is 4.74 Å². The zero-order valence-electron chi connectivity index (χ0n) is 15.1. The Hall–Kier alpha value is -1.88.